The number of halogens is 2. The maximum absolute atomic E-state index is 11.8. The summed E-state index contributed by atoms with van der Waals surface area (Å²) in [5.74, 6) is 0. The quantitative estimate of drug-likeness (QED) is 0.867. The molecule has 0 atom stereocenters. The number of hydrogen-bond donors (Lipinski definition) is 1. The van der Waals surface area contributed by atoms with E-state index in [1.807, 2.05) is 6.07 Å². The first kappa shape index (κ1) is 14.3. The number of rotatable bonds is 4. The number of benzene rings is 1. The molecule has 1 N–H and O–H groups in total. The fourth-order valence-corrected chi connectivity index (χ4v) is 3.02. The number of hydrogen-bond acceptors (Lipinski definition) is 3. The molecule has 0 heterocycles. The van der Waals surface area contributed by atoms with Gasteiger partial charge in [0.15, 0.2) is 0 Å². The highest BCUT2D eigenvalue weighted by Crippen LogP contribution is 2.27. The molecule has 1 rings (SSSR count). The van der Waals surface area contributed by atoms with Gasteiger partial charge in [0.1, 0.15) is 4.90 Å². The van der Waals surface area contributed by atoms with E-state index in [0.29, 0.717) is 10.6 Å². The fraction of sp³-hybridized carbons (Fsp3) is 0.300. The summed E-state index contributed by atoms with van der Waals surface area (Å²) >= 11 is 11.7. The Hall–Kier alpha value is -0.800. The molecule has 0 spiro atoms. The predicted molar refractivity (Wildman–Crippen MR) is 66.6 cm³/mol. The first-order valence-electron chi connectivity index (χ1n) is 4.70. The summed E-state index contributed by atoms with van der Waals surface area (Å²) in [5, 5.41) is 8.81. The molecule has 17 heavy (non-hydrogen) atoms. The molecule has 0 saturated carbocycles. The monoisotopic (exact) mass is 292 g/mol. The predicted octanol–water partition coefficient (Wildman–Crippen LogP) is 2.49. The Balaban J connectivity index is 3.08. The summed E-state index contributed by atoms with van der Waals surface area (Å²) in [6, 6.07) is 4.63. The van der Waals surface area contributed by atoms with E-state index in [2.05, 4.69) is 4.72 Å². The van der Waals surface area contributed by atoms with Crippen LogP contribution in [0, 0.1) is 18.3 Å². The lowest BCUT2D eigenvalue weighted by molar-refractivity contribution is 0.582. The molecule has 0 aliphatic rings. The molecule has 0 unspecified atom stereocenters. The van der Waals surface area contributed by atoms with Crippen LogP contribution in [0.4, 0.5) is 0 Å². The van der Waals surface area contributed by atoms with Crippen molar-refractivity contribution in [2.45, 2.75) is 18.2 Å². The molecule has 0 aromatic heterocycles. The highest BCUT2D eigenvalue weighted by Gasteiger charge is 2.18. The van der Waals surface area contributed by atoms with Crippen molar-refractivity contribution in [3.63, 3.8) is 0 Å². The smallest absolute Gasteiger partial charge is 0.210 e. The average molecular weight is 293 g/mol. The van der Waals surface area contributed by atoms with Gasteiger partial charge in [-0.15, -0.1) is 0 Å². The van der Waals surface area contributed by atoms with Crippen LogP contribution in [0.1, 0.15) is 12.0 Å². The Bertz CT molecular complexity index is 564. The zero-order chi connectivity index (χ0) is 13.1. The van der Waals surface area contributed by atoms with Gasteiger partial charge in [-0.05, 0) is 24.6 Å². The van der Waals surface area contributed by atoms with Crippen molar-refractivity contribution in [1.29, 1.82) is 5.26 Å². The minimum atomic E-state index is -3.69. The van der Waals surface area contributed by atoms with Gasteiger partial charge in [-0.3, -0.25) is 0 Å². The van der Waals surface area contributed by atoms with Gasteiger partial charge in [-0.2, -0.15) is 5.26 Å². The van der Waals surface area contributed by atoms with E-state index >= 15 is 0 Å². The molecule has 7 heteroatoms. The minimum Gasteiger partial charge on any atom is -0.210 e. The van der Waals surface area contributed by atoms with Crippen LogP contribution in [0.25, 0.3) is 0 Å². The van der Waals surface area contributed by atoms with E-state index < -0.39 is 10.0 Å². The van der Waals surface area contributed by atoms with Crippen LogP contribution in [-0.4, -0.2) is 15.0 Å². The second-order valence-corrected chi connectivity index (χ2v) is 5.89. The molecule has 1 aromatic carbocycles. The van der Waals surface area contributed by atoms with Gasteiger partial charge < -0.3 is 0 Å². The van der Waals surface area contributed by atoms with E-state index in [1.165, 1.54) is 12.1 Å². The standard InChI is InChI=1S/C10H10Cl2N2O2S/c1-7-5-10(9(12)6-8(7)11)17(15,16)14-4-2-3-13/h5-6,14H,2,4H2,1H3. The SMILES string of the molecule is Cc1cc(S(=O)(=O)NCCC#N)c(Cl)cc1Cl. The molecule has 0 bridgehead atoms. The fourth-order valence-electron chi connectivity index (χ4n) is 1.16. The van der Waals surface area contributed by atoms with Crippen molar-refractivity contribution >= 4 is 33.2 Å². The normalized spacial score (nSPS) is 11.2. The minimum absolute atomic E-state index is 0.0287. The summed E-state index contributed by atoms with van der Waals surface area (Å²) in [4.78, 5) is -0.0287. The summed E-state index contributed by atoms with van der Waals surface area (Å²) in [6.45, 7) is 1.74. The van der Waals surface area contributed by atoms with Crippen molar-refractivity contribution in [3.05, 3.63) is 27.7 Å². The van der Waals surface area contributed by atoms with Gasteiger partial charge in [-0.1, -0.05) is 23.2 Å². The van der Waals surface area contributed by atoms with Crippen molar-refractivity contribution in [3.8, 4) is 6.07 Å². The van der Waals surface area contributed by atoms with E-state index in [1.54, 1.807) is 6.92 Å². The lowest BCUT2D eigenvalue weighted by Crippen LogP contribution is -2.25. The lowest BCUT2D eigenvalue weighted by Gasteiger charge is -2.09. The van der Waals surface area contributed by atoms with Gasteiger partial charge in [0.25, 0.3) is 0 Å². The highest BCUT2D eigenvalue weighted by molar-refractivity contribution is 7.89. The third-order valence-corrected chi connectivity index (χ3v) is 4.36. The molecule has 92 valence electrons. The van der Waals surface area contributed by atoms with Crippen molar-refractivity contribution in [1.82, 2.24) is 4.72 Å². The molecule has 0 aliphatic heterocycles. The van der Waals surface area contributed by atoms with Crippen molar-refractivity contribution in [2.24, 2.45) is 0 Å². The number of sulfonamides is 1. The number of nitriles is 1. The Labute approximate surface area is 110 Å². The average Bonchev–Trinajstić information content (AvgIpc) is 2.23. The molecular weight excluding hydrogens is 283 g/mol. The third-order valence-electron chi connectivity index (χ3n) is 2.03. The maximum Gasteiger partial charge on any atom is 0.242 e. The van der Waals surface area contributed by atoms with Crippen LogP contribution >= 0.6 is 23.2 Å². The summed E-state index contributed by atoms with van der Waals surface area (Å²) < 4.78 is 26.0. The first-order chi connectivity index (χ1) is 7.88. The molecule has 0 radical (unpaired) electrons. The van der Waals surface area contributed by atoms with Crippen LogP contribution in [0.5, 0.6) is 0 Å². The molecule has 4 nitrogen and oxygen atoms in total. The molecule has 0 saturated heterocycles. The molecular formula is C10H10Cl2N2O2S. The Morgan fingerprint density at radius 3 is 2.59 bits per heavy atom. The van der Waals surface area contributed by atoms with E-state index in [9.17, 15) is 8.42 Å². The van der Waals surface area contributed by atoms with Crippen molar-refractivity contribution in [2.75, 3.05) is 6.54 Å². The largest absolute Gasteiger partial charge is 0.242 e. The summed E-state index contributed by atoms with van der Waals surface area (Å²) in [5.41, 5.74) is 0.622. The second-order valence-electron chi connectivity index (χ2n) is 3.34. The topological polar surface area (TPSA) is 70.0 Å². The van der Waals surface area contributed by atoms with Crippen LogP contribution in [0.3, 0.4) is 0 Å². The molecule has 0 amide bonds. The van der Waals surface area contributed by atoms with Crippen LogP contribution in [0.2, 0.25) is 10.0 Å². The summed E-state index contributed by atoms with van der Waals surface area (Å²) in [7, 11) is -3.69. The highest BCUT2D eigenvalue weighted by atomic mass is 35.5. The third kappa shape index (κ3) is 3.58. The number of nitrogens with zero attached hydrogens (tertiary/aromatic N) is 1. The first-order valence-corrected chi connectivity index (χ1v) is 6.94. The molecule has 1 aromatic rings. The van der Waals surface area contributed by atoms with Crippen LogP contribution < -0.4 is 4.72 Å². The van der Waals surface area contributed by atoms with Crippen LogP contribution in [-0.2, 0) is 10.0 Å². The van der Waals surface area contributed by atoms with Crippen molar-refractivity contribution < 1.29 is 8.42 Å². The Kier molecular flexibility index (Phi) is 4.78. The zero-order valence-corrected chi connectivity index (χ0v) is 11.3. The number of nitrogens with one attached hydrogen (secondary N) is 1. The Morgan fingerprint density at radius 2 is 2.00 bits per heavy atom. The lowest BCUT2D eigenvalue weighted by atomic mass is 10.2. The van der Waals surface area contributed by atoms with Gasteiger partial charge in [-0.25, -0.2) is 13.1 Å². The van der Waals surface area contributed by atoms with Gasteiger partial charge in [0.05, 0.1) is 11.1 Å². The van der Waals surface area contributed by atoms with E-state index in [0.717, 1.165) is 0 Å². The van der Waals surface area contributed by atoms with E-state index in [4.69, 9.17) is 28.5 Å². The summed E-state index contributed by atoms with van der Waals surface area (Å²) in [6.07, 6.45) is 0.101. The Morgan fingerprint density at radius 1 is 1.35 bits per heavy atom. The zero-order valence-electron chi connectivity index (χ0n) is 9.00. The number of aryl methyl sites for hydroxylation is 1. The molecule has 0 aliphatic carbocycles. The maximum atomic E-state index is 11.8. The van der Waals surface area contributed by atoms with Gasteiger partial charge in [0, 0.05) is 18.0 Å². The van der Waals surface area contributed by atoms with Gasteiger partial charge in [0.2, 0.25) is 10.0 Å². The van der Waals surface area contributed by atoms with E-state index in [-0.39, 0.29) is 22.9 Å². The second kappa shape index (κ2) is 5.69. The molecule has 0 fully saturated rings. The van der Waals surface area contributed by atoms with Gasteiger partial charge >= 0.3 is 0 Å². The van der Waals surface area contributed by atoms with Crippen LogP contribution in [0.15, 0.2) is 17.0 Å².